The molecule has 3 aromatic rings. The van der Waals surface area contributed by atoms with E-state index in [1.165, 1.54) is 18.2 Å². The molecule has 8 nitrogen and oxygen atoms in total. The molecule has 0 unspecified atom stereocenters. The normalized spacial score (nSPS) is 10.9. The van der Waals surface area contributed by atoms with Crippen LogP contribution in [0, 0.1) is 10.1 Å². The highest BCUT2D eigenvalue weighted by atomic mass is 35.5. The van der Waals surface area contributed by atoms with Crippen molar-refractivity contribution < 1.29 is 18.6 Å². The molecule has 9 heteroatoms. The Morgan fingerprint density at radius 2 is 1.74 bits per heavy atom. The van der Waals surface area contributed by atoms with Crippen molar-refractivity contribution >= 4 is 28.9 Å². The smallest absolute Gasteiger partial charge is 0.292 e. The summed E-state index contributed by atoms with van der Waals surface area (Å²) in [6.07, 6.45) is 3.10. The lowest BCUT2D eigenvalue weighted by Crippen LogP contribution is -2.32. The highest BCUT2D eigenvalue weighted by Gasteiger charge is 2.19. The first-order valence-corrected chi connectivity index (χ1v) is 8.40. The third-order valence-electron chi connectivity index (χ3n) is 3.72. The van der Waals surface area contributed by atoms with Crippen molar-refractivity contribution in [1.29, 1.82) is 0 Å². The van der Waals surface area contributed by atoms with Gasteiger partial charge in [-0.05, 0) is 36.4 Å². The number of nitrogens with zero attached hydrogens (tertiary/aromatic N) is 2. The van der Waals surface area contributed by atoms with E-state index in [9.17, 15) is 14.9 Å². The van der Waals surface area contributed by atoms with E-state index in [0.29, 0.717) is 29.6 Å². The molecular formula is C18H16ClN3O5. The van der Waals surface area contributed by atoms with Gasteiger partial charge < -0.3 is 14.2 Å². The Labute approximate surface area is 159 Å². The van der Waals surface area contributed by atoms with Gasteiger partial charge in [0.2, 0.25) is 5.91 Å². The van der Waals surface area contributed by atoms with Gasteiger partial charge in [-0.2, -0.15) is 0 Å². The summed E-state index contributed by atoms with van der Waals surface area (Å²) >= 11 is 5.89. The number of carbonyl (C=O) groups excluding carboxylic acids is 1. The Hall–Kier alpha value is -3.10. The molecule has 0 saturated carbocycles. The topological polar surface area (TPSA) is 102 Å². The maximum atomic E-state index is 12.5. The summed E-state index contributed by atoms with van der Waals surface area (Å²) in [6, 6.07) is 11.1. The van der Waals surface area contributed by atoms with Gasteiger partial charge >= 0.3 is 0 Å². The van der Waals surface area contributed by atoms with Crippen LogP contribution in [-0.4, -0.2) is 22.3 Å². The van der Waals surface area contributed by atoms with Crippen molar-refractivity contribution in [2.24, 2.45) is 0 Å². The van der Waals surface area contributed by atoms with Crippen molar-refractivity contribution in [2.45, 2.75) is 13.1 Å². The zero-order chi connectivity index (χ0) is 19.2. The number of amides is 1. The van der Waals surface area contributed by atoms with Gasteiger partial charge in [-0.1, -0.05) is 11.6 Å². The van der Waals surface area contributed by atoms with Crippen molar-refractivity contribution in [3.63, 3.8) is 0 Å². The number of hydrogen-bond donors (Lipinski definition) is 1. The number of nitrogens with one attached hydrogen (secondary N) is 1. The van der Waals surface area contributed by atoms with Crippen LogP contribution in [-0.2, 0) is 17.9 Å². The number of anilines is 1. The predicted molar refractivity (Wildman–Crippen MR) is 98.3 cm³/mol. The van der Waals surface area contributed by atoms with E-state index in [0.717, 1.165) is 0 Å². The minimum Gasteiger partial charge on any atom is -0.468 e. The van der Waals surface area contributed by atoms with Gasteiger partial charge in [0.1, 0.15) is 17.2 Å². The summed E-state index contributed by atoms with van der Waals surface area (Å²) in [5.41, 5.74) is -0.176. The van der Waals surface area contributed by atoms with Crippen molar-refractivity contribution in [3.8, 4) is 0 Å². The molecule has 0 aliphatic rings. The van der Waals surface area contributed by atoms with E-state index >= 15 is 0 Å². The molecule has 0 spiro atoms. The lowest BCUT2D eigenvalue weighted by Gasteiger charge is -2.19. The fraction of sp³-hybridized carbons (Fsp3) is 0.167. The second kappa shape index (κ2) is 8.52. The molecule has 140 valence electrons. The summed E-state index contributed by atoms with van der Waals surface area (Å²) in [4.78, 5) is 24.8. The van der Waals surface area contributed by atoms with Crippen molar-refractivity contribution in [3.05, 3.63) is 81.6 Å². The number of furan rings is 2. The summed E-state index contributed by atoms with van der Waals surface area (Å²) in [6.45, 7) is 0.725. The molecule has 0 bridgehead atoms. The lowest BCUT2D eigenvalue weighted by molar-refractivity contribution is -0.383. The number of halogens is 1. The van der Waals surface area contributed by atoms with Gasteiger partial charge in [-0.25, -0.2) is 0 Å². The van der Waals surface area contributed by atoms with E-state index in [1.807, 2.05) is 0 Å². The summed E-state index contributed by atoms with van der Waals surface area (Å²) in [5, 5.41) is 14.0. The first kappa shape index (κ1) is 18.7. The van der Waals surface area contributed by atoms with Crippen LogP contribution in [0.15, 0.2) is 63.8 Å². The highest BCUT2D eigenvalue weighted by Crippen LogP contribution is 2.27. The largest absolute Gasteiger partial charge is 0.468 e. The molecule has 2 aromatic heterocycles. The molecule has 1 amide bonds. The Balaban J connectivity index is 1.72. The van der Waals surface area contributed by atoms with Crippen LogP contribution >= 0.6 is 11.6 Å². The lowest BCUT2D eigenvalue weighted by atomic mass is 10.2. The average Bonchev–Trinajstić information content (AvgIpc) is 3.28. The quantitative estimate of drug-likeness (QED) is 0.460. The fourth-order valence-corrected chi connectivity index (χ4v) is 2.75. The number of rotatable bonds is 8. The van der Waals surface area contributed by atoms with Gasteiger partial charge in [0, 0.05) is 11.1 Å². The summed E-state index contributed by atoms with van der Waals surface area (Å²) in [7, 11) is 0. The molecular weight excluding hydrogens is 374 g/mol. The third kappa shape index (κ3) is 5.19. The Morgan fingerprint density at radius 3 is 2.26 bits per heavy atom. The number of nitro benzene ring substituents is 1. The second-order valence-corrected chi connectivity index (χ2v) is 6.21. The Kier molecular flexibility index (Phi) is 5.90. The molecule has 0 saturated heterocycles. The Bertz CT molecular complexity index is 873. The minimum absolute atomic E-state index is 0.0228. The molecule has 0 atom stereocenters. The maximum Gasteiger partial charge on any atom is 0.292 e. The van der Waals surface area contributed by atoms with Crippen LogP contribution in [0.5, 0.6) is 0 Å². The third-order valence-corrected chi connectivity index (χ3v) is 3.95. The molecule has 3 rings (SSSR count). The molecule has 1 aromatic carbocycles. The zero-order valence-electron chi connectivity index (χ0n) is 14.1. The SMILES string of the molecule is O=C(CN(Cc1ccco1)Cc1ccco1)Nc1cc(Cl)ccc1[N+](=O)[O-]. The standard InChI is InChI=1S/C18H16ClN3O5/c19-13-5-6-17(22(24)25)16(9-13)20-18(23)12-21(10-14-3-1-7-26-14)11-15-4-2-8-27-15/h1-9H,10-12H2,(H,20,23). The predicted octanol–water partition coefficient (Wildman–Crippen LogP) is 4.08. The van der Waals surface area contributed by atoms with Crippen LogP contribution < -0.4 is 5.32 Å². The van der Waals surface area contributed by atoms with Crippen molar-refractivity contribution in [1.82, 2.24) is 4.90 Å². The van der Waals surface area contributed by atoms with E-state index in [2.05, 4.69) is 5.32 Å². The van der Waals surface area contributed by atoms with Crippen LogP contribution in [0.1, 0.15) is 11.5 Å². The van der Waals surface area contributed by atoms with Gasteiger partial charge in [0.15, 0.2) is 0 Å². The van der Waals surface area contributed by atoms with Crippen LogP contribution in [0.4, 0.5) is 11.4 Å². The fourth-order valence-electron chi connectivity index (χ4n) is 2.57. The van der Waals surface area contributed by atoms with Gasteiger partial charge in [-0.3, -0.25) is 19.8 Å². The van der Waals surface area contributed by atoms with Crippen molar-refractivity contribution in [2.75, 3.05) is 11.9 Å². The molecule has 0 radical (unpaired) electrons. The summed E-state index contributed by atoms with van der Waals surface area (Å²) in [5.74, 6) is 0.949. The van der Waals surface area contributed by atoms with E-state index < -0.39 is 10.8 Å². The summed E-state index contributed by atoms with van der Waals surface area (Å²) < 4.78 is 10.7. The van der Waals surface area contributed by atoms with E-state index in [4.69, 9.17) is 20.4 Å². The average molecular weight is 390 g/mol. The first-order valence-electron chi connectivity index (χ1n) is 8.02. The monoisotopic (exact) mass is 389 g/mol. The maximum absolute atomic E-state index is 12.5. The van der Waals surface area contributed by atoms with Gasteiger partial charge in [0.05, 0.1) is 37.1 Å². The second-order valence-electron chi connectivity index (χ2n) is 5.77. The minimum atomic E-state index is -0.574. The molecule has 0 aliphatic carbocycles. The van der Waals surface area contributed by atoms with E-state index in [1.54, 1.807) is 41.7 Å². The number of nitro groups is 1. The first-order chi connectivity index (χ1) is 13.0. The zero-order valence-corrected chi connectivity index (χ0v) is 14.9. The van der Waals surface area contributed by atoms with Gasteiger partial charge in [-0.15, -0.1) is 0 Å². The molecule has 0 fully saturated rings. The Morgan fingerprint density at radius 1 is 1.11 bits per heavy atom. The number of benzene rings is 1. The van der Waals surface area contributed by atoms with Crippen LogP contribution in [0.3, 0.4) is 0 Å². The number of carbonyl (C=O) groups is 1. The van der Waals surface area contributed by atoms with Crippen LogP contribution in [0.2, 0.25) is 5.02 Å². The number of hydrogen-bond acceptors (Lipinski definition) is 6. The van der Waals surface area contributed by atoms with Gasteiger partial charge in [0.25, 0.3) is 5.69 Å². The van der Waals surface area contributed by atoms with E-state index in [-0.39, 0.29) is 17.9 Å². The highest BCUT2D eigenvalue weighted by molar-refractivity contribution is 6.31. The molecule has 27 heavy (non-hydrogen) atoms. The van der Waals surface area contributed by atoms with Crippen LogP contribution in [0.25, 0.3) is 0 Å². The molecule has 1 N–H and O–H groups in total. The molecule has 0 aliphatic heterocycles. The molecule has 2 heterocycles.